The predicted molar refractivity (Wildman–Crippen MR) is 183 cm³/mol. The first kappa shape index (κ1) is 39.3. The third-order valence-corrected chi connectivity index (χ3v) is 6.53. The Morgan fingerprint density at radius 1 is 0.595 bits per heavy atom. The van der Waals surface area contributed by atoms with Gasteiger partial charge in [-0.05, 0) is 77.0 Å². The Balaban J connectivity index is 3.76. The number of carbonyl (C=O) groups is 1. The summed E-state index contributed by atoms with van der Waals surface area (Å²) in [5, 5.41) is 22.6. The Bertz CT molecular complexity index is 844. The van der Waals surface area contributed by atoms with Crippen molar-refractivity contribution in [2.24, 2.45) is 0 Å². The molecule has 0 saturated carbocycles. The molecule has 42 heavy (non-hydrogen) atoms. The van der Waals surface area contributed by atoms with E-state index in [9.17, 15) is 15.0 Å². The van der Waals surface area contributed by atoms with E-state index in [0.29, 0.717) is 6.42 Å². The molecule has 0 spiro atoms. The van der Waals surface area contributed by atoms with Crippen LogP contribution >= 0.6 is 0 Å². The lowest BCUT2D eigenvalue weighted by Crippen LogP contribution is -2.45. The van der Waals surface area contributed by atoms with E-state index in [-0.39, 0.29) is 12.5 Å². The van der Waals surface area contributed by atoms with Gasteiger partial charge in [0.05, 0.1) is 18.8 Å². The lowest BCUT2D eigenvalue weighted by atomic mass is 10.1. The summed E-state index contributed by atoms with van der Waals surface area (Å²) in [6, 6.07) is -0.655. The van der Waals surface area contributed by atoms with E-state index in [2.05, 4.69) is 104 Å². The van der Waals surface area contributed by atoms with Crippen LogP contribution in [0, 0.1) is 0 Å². The smallest absolute Gasteiger partial charge is 0.220 e. The van der Waals surface area contributed by atoms with Gasteiger partial charge in [0.2, 0.25) is 5.91 Å². The second kappa shape index (κ2) is 32.8. The first-order valence-corrected chi connectivity index (χ1v) is 16.5. The maximum atomic E-state index is 12.2. The molecule has 1 amide bonds. The van der Waals surface area contributed by atoms with Crippen LogP contribution in [0.25, 0.3) is 0 Å². The van der Waals surface area contributed by atoms with Gasteiger partial charge in [0, 0.05) is 6.42 Å². The largest absolute Gasteiger partial charge is 0.394 e. The molecular weight excluding hydrogens is 518 g/mol. The monoisotopic (exact) mass is 579 g/mol. The van der Waals surface area contributed by atoms with E-state index < -0.39 is 12.1 Å². The van der Waals surface area contributed by atoms with E-state index >= 15 is 0 Å². The number of rotatable bonds is 27. The molecule has 0 bridgehead atoms. The summed E-state index contributed by atoms with van der Waals surface area (Å²) in [4.78, 5) is 12.2. The molecule has 0 rings (SSSR count). The predicted octanol–water partition coefficient (Wildman–Crippen LogP) is 9.56. The van der Waals surface area contributed by atoms with Gasteiger partial charge in [-0.3, -0.25) is 4.79 Å². The number of carbonyl (C=O) groups excluding carboxylic acids is 1. The van der Waals surface area contributed by atoms with Crippen molar-refractivity contribution in [1.29, 1.82) is 0 Å². The highest BCUT2D eigenvalue weighted by molar-refractivity contribution is 5.76. The third kappa shape index (κ3) is 28.8. The van der Waals surface area contributed by atoms with Gasteiger partial charge in [0.1, 0.15) is 0 Å². The normalized spacial score (nSPS) is 14.5. The van der Waals surface area contributed by atoms with Crippen LogP contribution in [-0.4, -0.2) is 34.9 Å². The number of nitrogens with one attached hydrogen (secondary N) is 1. The highest BCUT2D eigenvalue weighted by atomic mass is 16.3. The Morgan fingerprint density at radius 3 is 1.62 bits per heavy atom. The van der Waals surface area contributed by atoms with Gasteiger partial charge < -0.3 is 15.5 Å². The summed E-state index contributed by atoms with van der Waals surface area (Å²) in [7, 11) is 0. The second-order valence-electron chi connectivity index (χ2n) is 10.5. The minimum atomic E-state index is -0.875. The molecule has 236 valence electrons. The maximum Gasteiger partial charge on any atom is 0.220 e. The summed E-state index contributed by atoms with van der Waals surface area (Å²) >= 11 is 0. The van der Waals surface area contributed by atoms with Crippen molar-refractivity contribution in [2.75, 3.05) is 6.61 Å². The maximum absolute atomic E-state index is 12.2. The van der Waals surface area contributed by atoms with E-state index in [1.54, 1.807) is 6.08 Å². The van der Waals surface area contributed by atoms with Gasteiger partial charge in [-0.2, -0.15) is 0 Å². The number of allylic oxidation sites excluding steroid dienone is 15. The zero-order chi connectivity index (χ0) is 30.8. The Morgan fingerprint density at radius 2 is 1.07 bits per heavy atom. The highest BCUT2D eigenvalue weighted by Gasteiger charge is 2.17. The van der Waals surface area contributed by atoms with Crippen LogP contribution in [0.3, 0.4) is 0 Å². The summed E-state index contributed by atoms with van der Waals surface area (Å²) in [6.45, 7) is 4.03. The molecule has 2 unspecified atom stereocenters. The summed E-state index contributed by atoms with van der Waals surface area (Å²) < 4.78 is 0. The van der Waals surface area contributed by atoms with Gasteiger partial charge in [-0.1, -0.05) is 130 Å². The molecule has 0 aromatic heterocycles. The number of aliphatic hydroxyl groups excluding tert-OH is 2. The fourth-order valence-electron chi connectivity index (χ4n) is 4.02. The Kier molecular flexibility index (Phi) is 30.7. The highest BCUT2D eigenvalue weighted by Crippen LogP contribution is 2.07. The number of unbranched alkanes of at least 4 members (excludes halogenated alkanes) is 6. The molecule has 0 aliphatic carbocycles. The van der Waals surface area contributed by atoms with Crippen LogP contribution in [0.1, 0.15) is 117 Å². The lowest BCUT2D eigenvalue weighted by Gasteiger charge is -2.19. The van der Waals surface area contributed by atoms with Crippen LogP contribution in [-0.2, 0) is 4.79 Å². The van der Waals surface area contributed by atoms with Crippen molar-refractivity contribution in [3.8, 4) is 0 Å². The topological polar surface area (TPSA) is 69.6 Å². The van der Waals surface area contributed by atoms with Gasteiger partial charge in [0.15, 0.2) is 0 Å². The Labute approximate surface area is 258 Å². The molecular formula is C38H61NO3. The molecule has 0 heterocycles. The number of hydrogen-bond acceptors (Lipinski definition) is 3. The number of aliphatic hydroxyl groups is 2. The second-order valence-corrected chi connectivity index (χ2v) is 10.5. The molecule has 0 aliphatic rings. The molecule has 2 atom stereocenters. The average Bonchev–Trinajstić information content (AvgIpc) is 2.99. The molecule has 4 nitrogen and oxygen atoms in total. The first-order valence-electron chi connectivity index (χ1n) is 16.5. The first-order chi connectivity index (χ1) is 20.7. The summed E-state index contributed by atoms with van der Waals surface area (Å²) in [6.07, 6.45) is 49.3. The minimum Gasteiger partial charge on any atom is -0.394 e. The van der Waals surface area contributed by atoms with E-state index in [4.69, 9.17) is 0 Å². The van der Waals surface area contributed by atoms with Crippen LogP contribution in [0.5, 0.6) is 0 Å². The lowest BCUT2D eigenvalue weighted by molar-refractivity contribution is -0.123. The van der Waals surface area contributed by atoms with E-state index in [1.807, 2.05) is 6.08 Å². The van der Waals surface area contributed by atoms with Crippen molar-refractivity contribution in [3.05, 3.63) is 97.2 Å². The third-order valence-electron chi connectivity index (χ3n) is 6.53. The zero-order valence-electron chi connectivity index (χ0n) is 26.7. The van der Waals surface area contributed by atoms with Gasteiger partial charge in [-0.25, -0.2) is 0 Å². The van der Waals surface area contributed by atoms with Crippen LogP contribution in [0.15, 0.2) is 97.2 Å². The minimum absolute atomic E-state index is 0.110. The molecule has 0 saturated heterocycles. The van der Waals surface area contributed by atoms with Gasteiger partial charge in [-0.15, -0.1) is 0 Å². The Hall–Kier alpha value is -2.69. The van der Waals surface area contributed by atoms with Gasteiger partial charge >= 0.3 is 0 Å². The molecule has 3 N–H and O–H groups in total. The SMILES string of the molecule is CC/C=C\C/C=C\C/C=C\C/C=C\C/C=C\C/C=C\CCCCCCC(=O)NC(CO)C(O)/C=C/CC/C=C/CCC. The molecule has 0 radical (unpaired) electrons. The fourth-order valence-corrected chi connectivity index (χ4v) is 4.02. The zero-order valence-corrected chi connectivity index (χ0v) is 26.7. The molecule has 4 heteroatoms. The van der Waals surface area contributed by atoms with Crippen molar-refractivity contribution in [1.82, 2.24) is 5.32 Å². The van der Waals surface area contributed by atoms with Crippen molar-refractivity contribution < 1.29 is 15.0 Å². The van der Waals surface area contributed by atoms with Crippen LogP contribution in [0.2, 0.25) is 0 Å². The number of hydrogen-bond donors (Lipinski definition) is 3. The van der Waals surface area contributed by atoms with Crippen LogP contribution in [0.4, 0.5) is 0 Å². The fraction of sp³-hybridized carbons (Fsp3) is 0.553. The molecule has 0 fully saturated rings. The summed E-state index contributed by atoms with van der Waals surface area (Å²) in [5.74, 6) is -0.110. The van der Waals surface area contributed by atoms with Gasteiger partial charge in [0.25, 0.3) is 0 Å². The van der Waals surface area contributed by atoms with E-state index in [1.165, 1.54) is 0 Å². The summed E-state index contributed by atoms with van der Waals surface area (Å²) in [5.41, 5.74) is 0. The van der Waals surface area contributed by atoms with Crippen LogP contribution < -0.4 is 5.32 Å². The van der Waals surface area contributed by atoms with Crippen molar-refractivity contribution in [2.45, 2.75) is 129 Å². The van der Waals surface area contributed by atoms with Crippen molar-refractivity contribution in [3.63, 3.8) is 0 Å². The van der Waals surface area contributed by atoms with E-state index in [0.717, 1.165) is 96.3 Å². The quantitative estimate of drug-likeness (QED) is 0.0670. The molecule has 0 aromatic rings. The average molecular weight is 580 g/mol. The number of amides is 1. The standard InChI is InChI=1S/C38H61NO3/c1-3-5-7-9-11-12-13-14-15-16-17-18-19-20-21-22-23-24-25-26-28-30-32-34-38(42)39-36(35-40)37(41)33-31-29-27-10-8-6-4-2/h5,7-8,10-12,14-15,17-18,20-21,23-24,31,33,36-37,40-41H,3-4,6,9,13,16,19,22,25-30,32,34-35H2,1-2H3,(H,39,42)/b7-5-,10-8+,12-11-,15-14-,18-17-,21-20-,24-23-,33-31+. The molecule has 0 aliphatic heterocycles. The van der Waals surface area contributed by atoms with Crippen molar-refractivity contribution >= 4 is 5.91 Å². The molecule has 0 aromatic carbocycles.